The Hall–Kier alpha value is -3.07. The number of nitrogens with zero attached hydrogens (tertiary/aromatic N) is 3. The van der Waals surface area contributed by atoms with Gasteiger partial charge in [-0.15, -0.1) is 5.10 Å². The number of benzene rings is 2. The van der Waals surface area contributed by atoms with Crippen LogP contribution in [0.4, 0.5) is 0 Å². The Morgan fingerprint density at radius 2 is 1.30 bits per heavy atom. The Kier molecular flexibility index (Phi) is 3.31. The van der Waals surface area contributed by atoms with E-state index in [1.165, 1.54) is 11.1 Å². The fraction of sp³-hybridized carbons (Fsp3) is 0.0500. The van der Waals surface area contributed by atoms with E-state index in [2.05, 4.69) is 51.6 Å². The predicted octanol–water partition coefficient (Wildman–Crippen LogP) is 4.32. The van der Waals surface area contributed by atoms with Crippen molar-refractivity contribution in [1.29, 1.82) is 0 Å². The molecule has 110 valence electrons. The van der Waals surface area contributed by atoms with Gasteiger partial charge in [0.05, 0.1) is 11.4 Å². The van der Waals surface area contributed by atoms with Crippen molar-refractivity contribution < 1.29 is 0 Å². The summed E-state index contributed by atoms with van der Waals surface area (Å²) >= 11 is 0. The van der Waals surface area contributed by atoms with Gasteiger partial charge in [-0.1, -0.05) is 54.6 Å². The molecule has 0 N–H and O–H groups in total. The van der Waals surface area contributed by atoms with Gasteiger partial charge in [-0.25, -0.2) is 0 Å². The lowest BCUT2D eigenvalue weighted by Crippen LogP contribution is -2.00. The van der Waals surface area contributed by atoms with Gasteiger partial charge >= 0.3 is 0 Å². The van der Waals surface area contributed by atoms with Gasteiger partial charge in [0, 0.05) is 17.3 Å². The van der Waals surface area contributed by atoms with Crippen molar-refractivity contribution >= 4 is 11.4 Å². The molecule has 0 amide bonds. The highest BCUT2D eigenvalue weighted by atomic mass is 15.2. The van der Waals surface area contributed by atoms with Gasteiger partial charge in [-0.3, -0.25) is 4.98 Å². The van der Waals surface area contributed by atoms with Crippen molar-refractivity contribution in [2.45, 2.75) is 6.92 Å². The summed E-state index contributed by atoms with van der Waals surface area (Å²) in [5, 5.41) is 8.96. The van der Waals surface area contributed by atoms with Crippen LogP contribution in [0.25, 0.3) is 11.1 Å². The lowest BCUT2D eigenvalue weighted by molar-refractivity contribution is 1.20. The molecule has 1 aliphatic rings. The van der Waals surface area contributed by atoms with Crippen LogP contribution in [0.15, 0.2) is 83.1 Å². The van der Waals surface area contributed by atoms with Crippen molar-refractivity contribution in [1.82, 2.24) is 4.98 Å². The topological polar surface area (TPSA) is 37.6 Å². The average molecular weight is 297 g/mol. The molecule has 2 aromatic carbocycles. The highest BCUT2D eigenvalue weighted by Gasteiger charge is 2.23. The zero-order chi connectivity index (χ0) is 15.6. The summed E-state index contributed by atoms with van der Waals surface area (Å²) in [5.74, 6) is 0. The van der Waals surface area contributed by atoms with E-state index in [9.17, 15) is 0 Å². The summed E-state index contributed by atoms with van der Waals surface area (Å²) in [7, 11) is 0. The van der Waals surface area contributed by atoms with Crippen molar-refractivity contribution in [2.24, 2.45) is 10.2 Å². The molecule has 4 rings (SSSR count). The Morgan fingerprint density at radius 1 is 0.739 bits per heavy atom. The van der Waals surface area contributed by atoms with Crippen LogP contribution in [0.3, 0.4) is 0 Å². The fourth-order valence-electron chi connectivity index (χ4n) is 2.85. The number of pyridine rings is 1. The smallest absolute Gasteiger partial charge is 0.101 e. The second-order valence-electron chi connectivity index (χ2n) is 5.44. The molecule has 0 aliphatic heterocycles. The summed E-state index contributed by atoms with van der Waals surface area (Å²) < 4.78 is 0. The normalized spacial score (nSPS) is 12.7. The van der Waals surface area contributed by atoms with Crippen LogP contribution >= 0.6 is 0 Å². The minimum absolute atomic E-state index is 0.806. The second kappa shape index (κ2) is 5.61. The van der Waals surface area contributed by atoms with Gasteiger partial charge in [0.2, 0.25) is 0 Å². The summed E-state index contributed by atoms with van der Waals surface area (Å²) in [4.78, 5) is 4.31. The fourth-order valence-corrected chi connectivity index (χ4v) is 2.85. The number of fused-ring (bicyclic) bond motifs is 3. The maximum absolute atomic E-state index is 4.55. The summed E-state index contributed by atoms with van der Waals surface area (Å²) in [6.45, 7) is 1.93. The first kappa shape index (κ1) is 13.6. The molecule has 3 nitrogen and oxygen atoms in total. The van der Waals surface area contributed by atoms with Gasteiger partial charge in [-0.05, 0) is 30.2 Å². The summed E-state index contributed by atoms with van der Waals surface area (Å²) in [5.41, 5.74) is 7.26. The van der Waals surface area contributed by atoms with Crippen molar-refractivity contribution in [2.75, 3.05) is 0 Å². The molecule has 0 atom stereocenters. The first-order valence-electron chi connectivity index (χ1n) is 7.57. The van der Waals surface area contributed by atoms with Crippen LogP contribution in [0.1, 0.15) is 23.7 Å². The molecule has 1 heterocycles. The molecule has 0 spiro atoms. The first-order valence-corrected chi connectivity index (χ1v) is 7.57. The van der Waals surface area contributed by atoms with Crippen LogP contribution < -0.4 is 0 Å². The first-order chi connectivity index (χ1) is 11.3. The van der Waals surface area contributed by atoms with E-state index in [1.54, 1.807) is 6.20 Å². The molecule has 0 bridgehead atoms. The van der Waals surface area contributed by atoms with E-state index in [-0.39, 0.29) is 0 Å². The molecule has 3 heteroatoms. The van der Waals surface area contributed by atoms with E-state index >= 15 is 0 Å². The van der Waals surface area contributed by atoms with Crippen LogP contribution in [0.5, 0.6) is 0 Å². The highest BCUT2D eigenvalue weighted by Crippen LogP contribution is 2.36. The van der Waals surface area contributed by atoms with Gasteiger partial charge in [0.15, 0.2) is 0 Å². The third-order valence-electron chi connectivity index (χ3n) is 3.99. The lowest BCUT2D eigenvalue weighted by atomic mass is 10.1. The number of aromatic nitrogens is 1. The van der Waals surface area contributed by atoms with Gasteiger partial charge in [-0.2, -0.15) is 5.10 Å². The Morgan fingerprint density at radius 3 is 1.87 bits per heavy atom. The molecular formula is C20H15N3. The standard InChI is InChI=1S/C20H15N3/c1-14(19-12-6-7-13-21-19)22-23-20-17-10-4-2-8-15(17)16-9-3-5-11-18(16)20/h2-13H,1H3/b22-14-. The minimum Gasteiger partial charge on any atom is -0.255 e. The predicted molar refractivity (Wildman–Crippen MR) is 94.0 cm³/mol. The van der Waals surface area contributed by atoms with Crippen molar-refractivity contribution in [3.8, 4) is 11.1 Å². The Bertz CT molecular complexity index is 877. The second-order valence-corrected chi connectivity index (χ2v) is 5.44. The molecule has 0 unspecified atom stereocenters. The Balaban J connectivity index is 1.83. The van der Waals surface area contributed by atoms with E-state index in [0.717, 1.165) is 28.2 Å². The van der Waals surface area contributed by atoms with E-state index in [1.807, 2.05) is 37.3 Å². The van der Waals surface area contributed by atoms with Gasteiger partial charge < -0.3 is 0 Å². The molecule has 1 aliphatic carbocycles. The third kappa shape index (κ3) is 2.36. The molecule has 1 aromatic heterocycles. The maximum atomic E-state index is 4.55. The lowest BCUT2D eigenvalue weighted by Gasteiger charge is -2.00. The molecule has 0 saturated carbocycles. The summed E-state index contributed by atoms with van der Waals surface area (Å²) in [6.07, 6.45) is 1.77. The molecule has 23 heavy (non-hydrogen) atoms. The quantitative estimate of drug-likeness (QED) is 0.401. The molecule has 0 fully saturated rings. The largest absolute Gasteiger partial charge is 0.255 e. The van der Waals surface area contributed by atoms with E-state index in [0.29, 0.717) is 0 Å². The molecule has 3 aromatic rings. The van der Waals surface area contributed by atoms with E-state index in [4.69, 9.17) is 0 Å². The molecular weight excluding hydrogens is 282 g/mol. The van der Waals surface area contributed by atoms with Gasteiger partial charge in [0.25, 0.3) is 0 Å². The van der Waals surface area contributed by atoms with E-state index < -0.39 is 0 Å². The van der Waals surface area contributed by atoms with Crippen LogP contribution in [0, 0.1) is 0 Å². The van der Waals surface area contributed by atoms with Crippen LogP contribution in [-0.4, -0.2) is 16.4 Å². The zero-order valence-corrected chi connectivity index (χ0v) is 12.8. The van der Waals surface area contributed by atoms with Crippen molar-refractivity contribution in [3.05, 3.63) is 89.7 Å². The maximum Gasteiger partial charge on any atom is 0.101 e. The zero-order valence-electron chi connectivity index (χ0n) is 12.8. The monoisotopic (exact) mass is 297 g/mol. The number of hydrogen-bond donors (Lipinski definition) is 0. The molecule has 0 saturated heterocycles. The Labute approximate surface area is 135 Å². The third-order valence-corrected chi connectivity index (χ3v) is 3.99. The number of hydrogen-bond acceptors (Lipinski definition) is 3. The highest BCUT2D eigenvalue weighted by molar-refractivity contribution is 6.24. The van der Waals surface area contributed by atoms with Crippen LogP contribution in [-0.2, 0) is 0 Å². The minimum atomic E-state index is 0.806. The van der Waals surface area contributed by atoms with Crippen molar-refractivity contribution in [3.63, 3.8) is 0 Å². The molecule has 0 radical (unpaired) electrons. The summed E-state index contributed by atoms with van der Waals surface area (Å²) in [6, 6.07) is 22.4. The van der Waals surface area contributed by atoms with Gasteiger partial charge in [0.1, 0.15) is 5.71 Å². The SMILES string of the molecule is C/C(=N/N=C1c2ccccc2-c2ccccc21)c1ccccn1. The average Bonchev–Trinajstić information content (AvgIpc) is 2.94. The van der Waals surface area contributed by atoms with Crippen LogP contribution in [0.2, 0.25) is 0 Å². The number of rotatable bonds is 2.